The van der Waals surface area contributed by atoms with Crippen LogP contribution in [0.1, 0.15) is 0 Å². The Morgan fingerprint density at radius 1 is 0.800 bits per heavy atom. The Morgan fingerprint density at radius 2 is 1.40 bits per heavy atom. The molecule has 0 aromatic heterocycles. The van der Waals surface area contributed by atoms with Gasteiger partial charge in [-0.25, -0.2) is 8.42 Å². The van der Waals surface area contributed by atoms with Crippen LogP contribution in [0.2, 0.25) is 0 Å². The first-order valence-electron chi connectivity index (χ1n) is 5.44. The molecule has 0 aliphatic rings. The van der Waals surface area contributed by atoms with Crippen molar-refractivity contribution in [3.8, 4) is 0 Å². The Kier molecular flexibility index (Phi) is 3.80. The van der Waals surface area contributed by atoms with Crippen LogP contribution in [0.15, 0.2) is 64.4 Å². The second-order valence-corrected chi connectivity index (χ2v) is 7.03. The van der Waals surface area contributed by atoms with E-state index in [2.05, 4.69) is 4.72 Å². The van der Waals surface area contributed by atoms with Crippen LogP contribution in [-0.2, 0) is 20.1 Å². The van der Waals surface area contributed by atoms with Crippen LogP contribution in [0, 0.1) is 0 Å². The third-order valence-corrected chi connectivity index (χ3v) is 4.67. The number of hydrogen-bond acceptors (Lipinski definition) is 4. The average molecular weight is 313 g/mol. The van der Waals surface area contributed by atoms with Crippen molar-refractivity contribution in [3.05, 3.63) is 54.6 Å². The predicted octanol–water partition coefficient (Wildman–Crippen LogP) is 1.73. The van der Waals surface area contributed by atoms with Gasteiger partial charge in [-0.15, -0.1) is 0 Å². The maximum Gasteiger partial charge on any atom is 0.294 e. The first kappa shape index (κ1) is 14.5. The molecule has 2 N–H and O–H groups in total. The summed E-state index contributed by atoms with van der Waals surface area (Å²) in [5.41, 5.74) is 0.352. The van der Waals surface area contributed by atoms with Crippen molar-refractivity contribution in [1.82, 2.24) is 0 Å². The SMILES string of the molecule is O=S(=O)(O)c1cccc(S(=O)(=O)Nc2ccccc2)c1. The Bertz CT molecular complexity index is 814. The first-order chi connectivity index (χ1) is 9.29. The largest absolute Gasteiger partial charge is 0.294 e. The molecule has 2 aromatic rings. The van der Waals surface area contributed by atoms with Crippen molar-refractivity contribution >= 4 is 25.8 Å². The van der Waals surface area contributed by atoms with Crippen LogP contribution in [0.4, 0.5) is 5.69 Å². The summed E-state index contributed by atoms with van der Waals surface area (Å²) < 4.78 is 57.4. The lowest BCUT2D eigenvalue weighted by atomic mass is 10.3. The van der Waals surface area contributed by atoms with E-state index in [4.69, 9.17) is 4.55 Å². The minimum Gasteiger partial charge on any atom is -0.282 e. The molecule has 0 aliphatic carbocycles. The van der Waals surface area contributed by atoms with Crippen molar-refractivity contribution in [1.29, 1.82) is 0 Å². The third-order valence-electron chi connectivity index (χ3n) is 2.44. The second-order valence-electron chi connectivity index (χ2n) is 3.92. The standard InChI is InChI=1S/C12H11NO5S2/c14-19(15,13-10-5-2-1-3-6-10)11-7-4-8-12(9-11)20(16,17)18/h1-9,13H,(H,16,17,18). The highest BCUT2D eigenvalue weighted by atomic mass is 32.2. The van der Waals surface area contributed by atoms with Crippen LogP contribution >= 0.6 is 0 Å². The van der Waals surface area contributed by atoms with Gasteiger partial charge in [0.1, 0.15) is 0 Å². The Labute approximate surface area is 116 Å². The smallest absolute Gasteiger partial charge is 0.282 e. The van der Waals surface area contributed by atoms with Gasteiger partial charge in [0.25, 0.3) is 20.1 Å². The van der Waals surface area contributed by atoms with E-state index in [-0.39, 0.29) is 4.90 Å². The Morgan fingerprint density at radius 3 is 2.00 bits per heavy atom. The molecule has 0 saturated heterocycles. The normalized spacial score (nSPS) is 12.1. The second kappa shape index (κ2) is 5.23. The van der Waals surface area contributed by atoms with Gasteiger partial charge in [0, 0.05) is 5.69 Å². The third kappa shape index (κ3) is 3.35. The molecule has 0 heterocycles. The van der Waals surface area contributed by atoms with Gasteiger partial charge >= 0.3 is 0 Å². The van der Waals surface area contributed by atoms with Crippen LogP contribution in [-0.4, -0.2) is 21.4 Å². The summed E-state index contributed by atoms with van der Waals surface area (Å²) in [4.78, 5) is -0.732. The molecule has 106 valence electrons. The van der Waals surface area contributed by atoms with Crippen molar-refractivity contribution in [2.24, 2.45) is 0 Å². The molecule has 0 spiro atoms. The van der Waals surface area contributed by atoms with Gasteiger partial charge in [-0.05, 0) is 30.3 Å². The zero-order chi connectivity index (χ0) is 14.8. The zero-order valence-electron chi connectivity index (χ0n) is 10.1. The fourth-order valence-corrected chi connectivity index (χ4v) is 3.23. The summed E-state index contributed by atoms with van der Waals surface area (Å²) in [5.74, 6) is 0. The predicted molar refractivity (Wildman–Crippen MR) is 73.5 cm³/mol. The number of para-hydroxylation sites is 1. The Hall–Kier alpha value is -1.90. The van der Waals surface area contributed by atoms with Crippen LogP contribution in [0.5, 0.6) is 0 Å². The summed E-state index contributed by atoms with van der Waals surface area (Å²) in [6, 6.07) is 12.6. The van der Waals surface area contributed by atoms with Crippen LogP contribution in [0.25, 0.3) is 0 Å². The minimum atomic E-state index is -4.45. The maximum absolute atomic E-state index is 12.1. The van der Waals surface area contributed by atoms with Crippen molar-refractivity contribution in [2.75, 3.05) is 4.72 Å². The Balaban J connectivity index is 2.40. The summed E-state index contributed by atoms with van der Waals surface area (Å²) in [6.07, 6.45) is 0. The van der Waals surface area contributed by atoms with Crippen molar-refractivity contribution in [2.45, 2.75) is 9.79 Å². The topological polar surface area (TPSA) is 101 Å². The molecule has 0 radical (unpaired) electrons. The highest BCUT2D eigenvalue weighted by Crippen LogP contribution is 2.18. The summed E-state index contributed by atoms with van der Waals surface area (Å²) in [5, 5.41) is 0. The van der Waals surface area contributed by atoms with E-state index in [9.17, 15) is 16.8 Å². The van der Waals surface area contributed by atoms with E-state index >= 15 is 0 Å². The highest BCUT2D eigenvalue weighted by molar-refractivity contribution is 7.92. The van der Waals surface area contributed by atoms with Gasteiger partial charge in [0.05, 0.1) is 9.79 Å². The highest BCUT2D eigenvalue weighted by Gasteiger charge is 2.17. The van der Waals surface area contributed by atoms with Gasteiger partial charge in [-0.2, -0.15) is 8.42 Å². The van der Waals surface area contributed by atoms with Crippen molar-refractivity contribution < 1.29 is 21.4 Å². The van der Waals surface area contributed by atoms with E-state index in [0.717, 1.165) is 12.1 Å². The number of anilines is 1. The van der Waals surface area contributed by atoms with Gasteiger partial charge in [0.15, 0.2) is 0 Å². The molecular weight excluding hydrogens is 302 g/mol. The molecule has 8 heteroatoms. The number of rotatable bonds is 4. The quantitative estimate of drug-likeness (QED) is 0.837. The lowest BCUT2D eigenvalue weighted by Gasteiger charge is -2.08. The zero-order valence-corrected chi connectivity index (χ0v) is 11.7. The maximum atomic E-state index is 12.1. The molecule has 0 unspecified atom stereocenters. The number of nitrogens with one attached hydrogen (secondary N) is 1. The van der Waals surface area contributed by atoms with Gasteiger partial charge in [-0.3, -0.25) is 9.27 Å². The lowest BCUT2D eigenvalue weighted by Crippen LogP contribution is -2.13. The van der Waals surface area contributed by atoms with E-state index in [0.29, 0.717) is 5.69 Å². The molecule has 2 rings (SSSR count). The van der Waals surface area contributed by atoms with Crippen LogP contribution in [0.3, 0.4) is 0 Å². The molecule has 0 atom stereocenters. The number of benzene rings is 2. The molecule has 0 amide bonds. The minimum absolute atomic E-state index is 0.253. The molecule has 2 aromatic carbocycles. The van der Waals surface area contributed by atoms with Crippen molar-refractivity contribution in [3.63, 3.8) is 0 Å². The summed E-state index contributed by atoms with van der Waals surface area (Å²) >= 11 is 0. The summed E-state index contributed by atoms with van der Waals surface area (Å²) in [6.45, 7) is 0. The molecular formula is C12H11NO5S2. The van der Waals surface area contributed by atoms with Gasteiger partial charge in [-0.1, -0.05) is 24.3 Å². The van der Waals surface area contributed by atoms with E-state index in [1.54, 1.807) is 30.3 Å². The number of sulfonamides is 1. The average Bonchev–Trinajstić information content (AvgIpc) is 2.38. The fraction of sp³-hybridized carbons (Fsp3) is 0. The first-order valence-corrected chi connectivity index (χ1v) is 8.37. The van der Waals surface area contributed by atoms with E-state index < -0.39 is 25.0 Å². The van der Waals surface area contributed by atoms with Gasteiger partial charge < -0.3 is 0 Å². The number of hydrogen-bond donors (Lipinski definition) is 2. The monoisotopic (exact) mass is 313 g/mol. The van der Waals surface area contributed by atoms with E-state index in [1.807, 2.05) is 0 Å². The fourth-order valence-electron chi connectivity index (χ4n) is 1.52. The van der Waals surface area contributed by atoms with Gasteiger partial charge in [0.2, 0.25) is 0 Å². The molecule has 20 heavy (non-hydrogen) atoms. The summed E-state index contributed by atoms with van der Waals surface area (Å²) in [7, 11) is -8.37. The molecule has 0 saturated carbocycles. The molecule has 0 aliphatic heterocycles. The molecule has 0 fully saturated rings. The molecule has 6 nitrogen and oxygen atoms in total. The van der Waals surface area contributed by atoms with Crippen LogP contribution < -0.4 is 4.72 Å². The molecule has 0 bridgehead atoms. The van der Waals surface area contributed by atoms with E-state index in [1.165, 1.54) is 12.1 Å². The lowest BCUT2D eigenvalue weighted by molar-refractivity contribution is 0.483.